The van der Waals surface area contributed by atoms with Crippen LogP contribution in [0.2, 0.25) is 0 Å². The van der Waals surface area contributed by atoms with Crippen LogP contribution in [0.3, 0.4) is 0 Å². The van der Waals surface area contributed by atoms with Gasteiger partial charge in [0.1, 0.15) is 5.76 Å². The predicted octanol–water partition coefficient (Wildman–Crippen LogP) is 1.47. The van der Waals surface area contributed by atoms with E-state index in [1.165, 1.54) is 24.3 Å². The lowest BCUT2D eigenvalue weighted by Gasteiger charge is -2.06. The summed E-state index contributed by atoms with van der Waals surface area (Å²) in [6.07, 6.45) is 0. The number of nitrogens with one attached hydrogen (secondary N) is 1. The number of carbonyl (C=O) groups is 1. The SMILES string of the molecule is Cc1nc(C)c(CNS(=O)(=O)c2ccc(C(=O)O)cc2)o1. The second-order valence-corrected chi connectivity index (χ2v) is 6.16. The Hall–Kier alpha value is -2.19. The number of oxazole rings is 1. The van der Waals surface area contributed by atoms with E-state index < -0.39 is 16.0 Å². The van der Waals surface area contributed by atoms with E-state index in [9.17, 15) is 13.2 Å². The van der Waals surface area contributed by atoms with Crippen molar-refractivity contribution < 1.29 is 22.7 Å². The average Bonchev–Trinajstić information content (AvgIpc) is 2.75. The number of aryl methyl sites for hydroxylation is 2. The third-order valence-electron chi connectivity index (χ3n) is 2.83. The Bertz CT molecular complexity index is 762. The first kappa shape index (κ1) is 15.2. The van der Waals surface area contributed by atoms with Crippen LogP contribution in [0.4, 0.5) is 0 Å². The van der Waals surface area contributed by atoms with Gasteiger partial charge in [0, 0.05) is 6.92 Å². The van der Waals surface area contributed by atoms with Crippen molar-refractivity contribution in [3.05, 3.63) is 47.2 Å². The summed E-state index contributed by atoms with van der Waals surface area (Å²) in [5, 5.41) is 8.78. The van der Waals surface area contributed by atoms with Crippen molar-refractivity contribution in [1.29, 1.82) is 0 Å². The van der Waals surface area contributed by atoms with Gasteiger partial charge in [0.2, 0.25) is 10.0 Å². The van der Waals surface area contributed by atoms with Gasteiger partial charge in [-0.15, -0.1) is 0 Å². The lowest BCUT2D eigenvalue weighted by atomic mass is 10.2. The summed E-state index contributed by atoms with van der Waals surface area (Å²) in [5.41, 5.74) is 0.645. The van der Waals surface area contributed by atoms with Crippen LogP contribution in [0.1, 0.15) is 27.7 Å². The van der Waals surface area contributed by atoms with Crippen LogP contribution < -0.4 is 4.72 Å². The van der Waals surface area contributed by atoms with Crippen LogP contribution >= 0.6 is 0 Å². The van der Waals surface area contributed by atoms with Crippen molar-refractivity contribution in [1.82, 2.24) is 9.71 Å². The molecule has 1 aromatic heterocycles. The molecule has 0 radical (unpaired) electrons. The summed E-state index contributed by atoms with van der Waals surface area (Å²) in [7, 11) is -3.74. The fraction of sp³-hybridized carbons (Fsp3) is 0.231. The number of rotatable bonds is 5. The Morgan fingerprint density at radius 2 is 1.90 bits per heavy atom. The van der Waals surface area contributed by atoms with Gasteiger partial charge in [0.25, 0.3) is 0 Å². The number of carboxylic acid groups (broad SMARTS) is 1. The monoisotopic (exact) mass is 310 g/mol. The first-order valence-corrected chi connectivity index (χ1v) is 7.54. The van der Waals surface area contributed by atoms with Crippen molar-refractivity contribution in [2.45, 2.75) is 25.3 Å². The van der Waals surface area contributed by atoms with Crippen LogP contribution in [0.15, 0.2) is 33.6 Å². The van der Waals surface area contributed by atoms with Gasteiger partial charge in [-0.05, 0) is 31.2 Å². The van der Waals surface area contributed by atoms with Crippen molar-refractivity contribution in [3.8, 4) is 0 Å². The first-order valence-electron chi connectivity index (χ1n) is 6.05. The molecule has 0 saturated heterocycles. The molecule has 0 aliphatic heterocycles. The zero-order chi connectivity index (χ0) is 15.6. The summed E-state index contributed by atoms with van der Waals surface area (Å²) in [6.45, 7) is 3.38. The van der Waals surface area contributed by atoms with E-state index in [0.29, 0.717) is 17.3 Å². The number of sulfonamides is 1. The minimum atomic E-state index is -3.74. The normalized spacial score (nSPS) is 11.5. The highest BCUT2D eigenvalue weighted by Crippen LogP contribution is 2.13. The summed E-state index contributed by atoms with van der Waals surface area (Å²) in [6, 6.07) is 4.95. The molecule has 0 aliphatic rings. The molecular weight excluding hydrogens is 296 g/mol. The standard InChI is InChI=1S/C13H14N2O5S/c1-8-12(20-9(2)15-8)7-14-21(18,19)11-5-3-10(4-6-11)13(16)17/h3-6,14H,7H2,1-2H3,(H,16,17). The minimum Gasteiger partial charge on any atom is -0.478 e. The molecule has 0 fully saturated rings. The summed E-state index contributed by atoms with van der Waals surface area (Å²) >= 11 is 0. The number of hydrogen-bond donors (Lipinski definition) is 2. The molecule has 2 N–H and O–H groups in total. The van der Waals surface area contributed by atoms with Gasteiger partial charge in [0.15, 0.2) is 5.89 Å². The summed E-state index contributed by atoms with van der Waals surface area (Å²) < 4.78 is 31.8. The molecule has 8 heteroatoms. The molecule has 7 nitrogen and oxygen atoms in total. The fourth-order valence-electron chi connectivity index (χ4n) is 1.76. The van der Waals surface area contributed by atoms with E-state index in [4.69, 9.17) is 9.52 Å². The molecule has 2 aromatic rings. The molecule has 1 heterocycles. The Morgan fingerprint density at radius 3 is 2.38 bits per heavy atom. The van der Waals surface area contributed by atoms with Crippen LogP contribution in [0.25, 0.3) is 0 Å². The van der Waals surface area contributed by atoms with Gasteiger partial charge in [0.05, 0.1) is 22.7 Å². The zero-order valence-corrected chi connectivity index (χ0v) is 12.3. The number of aromatic nitrogens is 1. The third kappa shape index (κ3) is 3.47. The zero-order valence-electron chi connectivity index (χ0n) is 11.5. The number of nitrogens with zero attached hydrogens (tertiary/aromatic N) is 1. The van der Waals surface area contributed by atoms with Gasteiger partial charge in [-0.25, -0.2) is 22.9 Å². The highest BCUT2D eigenvalue weighted by atomic mass is 32.2. The Balaban J connectivity index is 2.14. The van der Waals surface area contributed by atoms with E-state index in [1.807, 2.05) is 0 Å². The number of aromatic carboxylic acids is 1. The Kier molecular flexibility index (Phi) is 4.10. The van der Waals surface area contributed by atoms with Gasteiger partial charge in [-0.3, -0.25) is 0 Å². The van der Waals surface area contributed by atoms with Crippen molar-refractivity contribution in [2.24, 2.45) is 0 Å². The molecule has 1 aromatic carbocycles. The van der Waals surface area contributed by atoms with E-state index in [2.05, 4.69) is 9.71 Å². The number of benzene rings is 1. The fourth-order valence-corrected chi connectivity index (χ4v) is 2.74. The quantitative estimate of drug-likeness (QED) is 0.865. The highest BCUT2D eigenvalue weighted by molar-refractivity contribution is 7.89. The van der Waals surface area contributed by atoms with Crippen LogP contribution in [0.5, 0.6) is 0 Å². The second-order valence-electron chi connectivity index (χ2n) is 4.40. The Morgan fingerprint density at radius 1 is 1.29 bits per heavy atom. The molecule has 0 saturated carbocycles. The predicted molar refractivity (Wildman–Crippen MR) is 73.4 cm³/mol. The summed E-state index contributed by atoms with van der Waals surface area (Å²) in [4.78, 5) is 14.8. The molecule has 21 heavy (non-hydrogen) atoms. The molecule has 0 spiro atoms. The van der Waals surface area contributed by atoms with E-state index >= 15 is 0 Å². The largest absolute Gasteiger partial charge is 0.478 e. The Labute approximate surface area is 121 Å². The van der Waals surface area contributed by atoms with E-state index in [1.54, 1.807) is 13.8 Å². The maximum absolute atomic E-state index is 12.1. The topological polar surface area (TPSA) is 110 Å². The smallest absolute Gasteiger partial charge is 0.335 e. The van der Waals surface area contributed by atoms with Crippen LogP contribution in [-0.4, -0.2) is 24.5 Å². The molecule has 0 bridgehead atoms. The minimum absolute atomic E-state index is 0.0126. The van der Waals surface area contributed by atoms with E-state index in [0.717, 1.165) is 0 Å². The van der Waals surface area contributed by atoms with Gasteiger partial charge in [-0.1, -0.05) is 0 Å². The first-order chi connectivity index (χ1) is 9.79. The molecule has 0 atom stereocenters. The van der Waals surface area contributed by atoms with Crippen molar-refractivity contribution in [3.63, 3.8) is 0 Å². The van der Waals surface area contributed by atoms with E-state index in [-0.39, 0.29) is 17.0 Å². The molecule has 0 unspecified atom stereocenters. The number of hydrogen-bond acceptors (Lipinski definition) is 5. The second kappa shape index (κ2) is 5.66. The van der Waals surface area contributed by atoms with Gasteiger partial charge < -0.3 is 9.52 Å². The average molecular weight is 310 g/mol. The molecule has 0 amide bonds. The molecular formula is C13H14N2O5S. The van der Waals surface area contributed by atoms with Gasteiger partial charge in [-0.2, -0.15) is 0 Å². The molecule has 2 rings (SSSR count). The summed E-state index contributed by atoms with van der Waals surface area (Å²) in [5.74, 6) is -0.203. The molecule has 0 aliphatic carbocycles. The third-order valence-corrected chi connectivity index (χ3v) is 4.25. The lowest BCUT2D eigenvalue weighted by Crippen LogP contribution is -2.23. The number of carboxylic acids is 1. The maximum Gasteiger partial charge on any atom is 0.335 e. The lowest BCUT2D eigenvalue weighted by molar-refractivity contribution is 0.0696. The van der Waals surface area contributed by atoms with Crippen LogP contribution in [-0.2, 0) is 16.6 Å². The van der Waals surface area contributed by atoms with Crippen LogP contribution in [0, 0.1) is 13.8 Å². The van der Waals surface area contributed by atoms with Crippen molar-refractivity contribution >= 4 is 16.0 Å². The van der Waals surface area contributed by atoms with Gasteiger partial charge >= 0.3 is 5.97 Å². The molecule has 112 valence electrons. The highest BCUT2D eigenvalue weighted by Gasteiger charge is 2.16. The maximum atomic E-state index is 12.1. The van der Waals surface area contributed by atoms with Crippen molar-refractivity contribution in [2.75, 3.05) is 0 Å².